The zero-order chi connectivity index (χ0) is 14.8. The topological polar surface area (TPSA) is 3.24 Å². The van der Waals surface area contributed by atoms with E-state index in [-0.39, 0.29) is 5.82 Å². The van der Waals surface area contributed by atoms with Crippen molar-refractivity contribution < 1.29 is 8.78 Å². The fourth-order valence-corrected chi connectivity index (χ4v) is 3.95. The minimum absolute atomic E-state index is 0.388. The monoisotopic (exact) mass is 293 g/mol. The van der Waals surface area contributed by atoms with Gasteiger partial charge in [-0.3, -0.25) is 0 Å². The molecule has 1 aliphatic carbocycles. The Morgan fingerprint density at radius 3 is 2.43 bits per heavy atom. The van der Waals surface area contributed by atoms with Crippen molar-refractivity contribution in [2.45, 2.75) is 39.0 Å². The maximum atomic E-state index is 13.7. The molecule has 1 heterocycles. The first-order valence-corrected chi connectivity index (χ1v) is 8.26. The molecule has 21 heavy (non-hydrogen) atoms. The van der Waals surface area contributed by atoms with Crippen molar-refractivity contribution in [3.8, 4) is 0 Å². The van der Waals surface area contributed by atoms with Gasteiger partial charge in [0.25, 0.3) is 0 Å². The number of nitrogens with zero attached hydrogens (tertiary/aromatic N) is 1. The average molecular weight is 293 g/mol. The van der Waals surface area contributed by atoms with Crippen LogP contribution < -0.4 is 0 Å². The second kappa shape index (κ2) is 6.43. The van der Waals surface area contributed by atoms with Crippen LogP contribution in [0.25, 0.3) is 0 Å². The van der Waals surface area contributed by atoms with Gasteiger partial charge in [-0.05, 0) is 74.6 Å². The zero-order valence-electron chi connectivity index (χ0n) is 12.8. The predicted octanol–water partition coefficient (Wildman–Crippen LogP) is 4.27. The summed E-state index contributed by atoms with van der Waals surface area (Å²) in [5.74, 6) is 1.50. The molecule has 0 aromatic heterocycles. The van der Waals surface area contributed by atoms with Gasteiger partial charge in [0.15, 0.2) is 0 Å². The van der Waals surface area contributed by atoms with E-state index in [0.29, 0.717) is 11.5 Å². The fraction of sp³-hybridized carbons (Fsp3) is 0.667. The Kier molecular flexibility index (Phi) is 4.58. The number of likely N-dealkylation sites (tertiary alicyclic amines) is 1. The van der Waals surface area contributed by atoms with Crippen molar-refractivity contribution in [3.63, 3.8) is 0 Å². The molecule has 1 nitrogen and oxygen atoms in total. The maximum Gasteiger partial charge on any atom is 0.129 e. The van der Waals surface area contributed by atoms with Gasteiger partial charge in [-0.15, -0.1) is 0 Å². The standard InChI is InChI=1S/C18H25F2N/c1-13-8-15(9-13)12-21-6-4-14(5-7-21)10-16-2-3-17(19)11-18(16)20/h2-3,11,13-15H,4-10,12H2,1H3. The molecule has 1 saturated carbocycles. The van der Waals surface area contributed by atoms with E-state index in [1.165, 1.54) is 25.5 Å². The van der Waals surface area contributed by atoms with E-state index in [1.54, 1.807) is 6.07 Å². The molecule has 116 valence electrons. The Morgan fingerprint density at radius 2 is 1.81 bits per heavy atom. The molecule has 1 saturated heterocycles. The maximum absolute atomic E-state index is 13.7. The van der Waals surface area contributed by atoms with Crippen LogP contribution in [-0.2, 0) is 6.42 Å². The Labute approximate surface area is 126 Å². The zero-order valence-corrected chi connectivity index (χ0v) is 12.8. The van der Waals surface area contributed by atoms with Crippen LogP contribution in [0.3, 0.4) is 0 Å². The van der Waals surface area contributed by atoms with Crippen LogP contribution in [0.2, 0.25) is 0 Å². The normalized spacial score (nSPS) is 27.6. The van der Waals surface area contributed by atoms with Crippen LogP contribution in [0.15, 0.2) is 18.2 Å². The molecular formula is C18H25F2N. The van der Waals surface area contributed by atoms with Gasteiger partial charge >= 0.3 is 0 Å². The molecule has 3 rings (SSSR count). The van der Waals surface area contributed by atoms with Crippen molar-refractivity contribution in [1.29, 1.82) is 0 Å². The van der Waals surface area contributed by atoms with Crippen molar-refractivity contribution >= 4 is 0 Å². The van der Waals surface area contributed by atoms with Gasteiger partial charge in [0, 0.05) is 12.6 Å². The highest BCUT2D eigenvalue weighted by molar-refractivity contribution is 5.19. The summed E-state index contributed by atoms with van der Waals surface area (Å²) in [7, 11) is 0. The Hall–Kier alpha value is -0.960. The minimum Gasteiger partial charge on any atom is -0.303 e. The molecule has 3 heteroatoms. The van der Waals surface area contributed by atoms with E-state index in [9.17, 15) is 8.78 Å². The molecule has 1 aromatic rings. The summed E-state index contributed by atoms with van der Waals surface area (Å²) < 4.78 is 26.6. The van der Waals surface area contributed by atoms with E-state index in [0.717, 1.165) is 50.3 Å². The second-order valence-electron chi connectivity index (χ2n) is 7.13. The highest BCUT2D eigenvalue weighted by Crippen LogP contribution is 2.34. The van der Waals surface area contributed by atoms with Crippen molar-refractivity contribution in [2.75, 3.05) is 19.6 Å². The van der Waals surface area contributed by atoms with Gasteiger partial charge in [-0.25, -0.2) is 8.78 Å². The molecule has 2 aliphatic rings. The summed E-state index contributed by atoms with van der Waals surface area (Å²) in [4.78, 5) is 2.58. The van der Waals surface area contributed by atoms with Gasteiger partial charge in [0.2, 0.25) is 0 Å². The molecule has 0 bridgehead atoms. The molecule has 0 amide bonds. The summed E-state index contributed by atoms with van der Waals surface area (Å²) in [6.45, 7) is 5.86. The first-order valence-electron chi connectivity index (χ1n) is 8.26. The number of piperidine rings is 1. The second-order valence-corrected chi connectivity index (χ2v) is 7.13. The van der Waals surface area contributed by atoms with Crippen molar-refractivity contribution in [2.24, 2.45) is 17.8 Å². The summed E-state index contributed by atoms with van der Waals surface area (Å²) in [5.41, 5.74) is 0.669. The summed E-state index contributed by atoms with van der Waals surface area (Å²) in [6.07, 6.45) is 5.81. The quantitative estimate of drug-likeness (QED) is 0.801. The molecule has 0 N–H and O–H groups in total. The van der Waals surface area contributed by atoms with Crippen LogP contribution in [0.5, 0.6) is 0 Å². The van der Waals surface area contributed by atoms with E-state index < -0.39 is 5.82 Å². The number of rotatable bonds is 4. The van der Waals surface area contributed by atoms with E-state index in [1.807, 2.05) is 0 Å². The van der Waals surface area contributed by atoms with Gasteiger partial charge in [0.1, 0.15) is 11.6 Å². The first-order chi connectivity index (χ1) is 10.1. The highest BCUT2D eigenvalue weighted by Gasteiger charge is 2.28. The molecular weight excluding hydrogens is 268 g/mol. The summed E-state index contributed by atoms with van der Waals surface area (Å²) >= 11 is 0. The third kappa shape index (κ3) is 3.82. The SMILES string of the molecule is CC1CC(CN2CCC(Cc3ccc(F)cc3F)CC2)C1. The van der Waals surface area contributed by atoms with E-state index >= 15 is 0 Å². The molecule has 1 aromatic carbocycles. The summed E-state index contributed by atoms with van der Waals surface area (Å²) in [5, 5.41) is 0. The highest BCUT2D eigenvalue weighted by atomic mass is 19.1. The molecule has 1 aliphatic heterocycles. The average Bonchev–Trinajstić information content (AvgIpc) is 2.42. The third-order valence-electron chi connectivity index (χ3n) is 5.22. The number of benzene rings is 1. The Balaban J connectivity index is 1.45. The number of hydrogen-bond donors (Lipinski definition) is 0. The minimum atomic E-state index is -0.485. The molecule has 0 radical (unpaired) electrons. The number of hydrogen-bond acceptors (Lipinski definition) is 1. The first kappa shape index (κ1) is 15.0. The third-order valence-corrected chi connectivity index (χ3v) is 5.22. The number of halogens is 2. The Bertz CT molecular complexity index is 474. The molecule has 0 unspecified atom stereocenters. The van der Waals surface area contributed by atoms with Crippen LogP contribution >= 0.6 is 0 Å². The van der Waals surface area contributed by atoms with Crippen LogP contribution in [0, 0.1) is 29.4 Å². The lowest BCUT2D eigenvalue weighted by molar-refractivity contribution is 0.104. The lowest BCUT2D eigenvalue weighted by Gasteiger charge is -2.39. The van der Waals surface area contributed by atoms with Crippen LogP contribution in [-0.4, -0.2) is 24.5 Å². The van der Waals surface area contributed by atoms with E-state index in [2.05, 4.69) is 11.8 Å². The van der Waals surface area contributed by atoms with Gasteiger partial charge in [-0.1, -0.05) is 13.0 Å². The van der Waals surface area contributed by atoms with Gasteiger partial charge < -0.3 is 4.90 Å². The van der Waals surface area contributed by atoms with Crippen molar-refractivity contribution in [3.05, 3.63) is 35.4 Å². The van der Waals surface area contributed by atoms with Gasteiger partial charge in [-0.2, -0.15) is 0 Å². The largest absolute Gasteiger partial charge is 0.303 e. The molecule has 2 fully saturated rings. The van der Waals surface area contributed by atoms with E-state index in [4.69, 9.17) is 0 Å². The molecule has 0 atom stereocenters. The lowest BCUT2D eigenvalue weighted by Crippen LogP contribution is -2.40. The smallest absolute Gasteiger partial charge is 0.129 e. The Morgan fingerprint density at radius 1 is 1.10 bits per heavy atom. The van der Waals surface area contributed by atoms with Crippen LogP contribution in [0.1, 0.15) is 38.2 Å². The van der Waals surface area contributed by atoms with Crippen LogP contribution in [0.4, 0.5) is 8.78 Å². The summed E-state index contributed by atoms with van der Waals surface area (Å²) in [6, 6.07) is 3.97. The fourth-order valence-electron chi connectivity index (χ4n) is 3.95. The van der Waals surface area contributed by atoms with Gasteiger partial charge in [0.05, 0.1) is 0 Å². The predicted molar refractivity (Wildman–Crippen MR) is 81.1 cm³/mol. The molecule has 0 spiro atoms. The van der Waals surface area contributed by atoms with Crippen molar-refractivity contribution in [1.82, 2.24) is 4.90 Å². The lowest BCUT2D eigenvalue weighted by atomic mass is 9.75.